The number of fused-ring (bicyclic) bond motifs is 1. The summed E-state index contributed by atoms with van der Waals surface area (Å²) in [5.41, 5.74) is 3.18. The van der Waals surface area contributed by atoms with E-state index < -0.39 is 0 Å². The summed E-state index contributed by atoms with van der Waals surface area (Å²) in [5, 5.41) is 14.0. The molecule has 0 saturated carbocycles. The molecule has 1 N–H and O–H groups in total. The van der Waals surface area contributed by atoms with Gasteiger partial charge in [-0.3, -0.25) is 0 Å². The Morgan fingerprint density at radius 2 is 2.42 bits per heavy atom. The van der Waals surface area contributed by atoms with E-state index in [4.69, 9.17) is 9.26 Å². The monoisotopic (exact) mass is 262 g/mol. The normalized spacial score (nSPS) is 18.5. The molecule has 1 unspecified atom stereocenters. The van der Waals surface area contributed by atoms with Crippen molar-refractivity contribution in [1.29, 1.82) is 0 Å². The number of aliphatic hydroxyl groups excluding tert-OH is 1. The van der Waals surface area contributed by atoms with E-state index in [1.165, 1.54) is 5.56 Å². The molecule has 0 fully saturated rings. The molecule has 0 spiro atoms. The number of nitrogens with zero attached hydrogens (tertiary/aromatic N) is 2. The number of hydrogen-bond donors (Lipinski definition) is 1. The second-order valence-electron chi connectivity index (χ2n) is 5.04. The van der Waals surface area contributed by atoms with Crippen LogP contribution in [-0.4, -0.2) is 21.9 Å². The van der Waals surface area contributed by atoms with Crippen molar-refractivity contribution in [3.05, 3.63) is 41.0 Å². The summed E-state index contributed by atoms with van der Waals surface area (Å²) in [5.74, 6) is 0.731. The van der Waals surface area contributed by atoms with Crippen molar-refractivity contribution in [3.8, 4) is 0 Å². The van der Waals surface area contributed by atoms with Crippen LogP contribution in [0.15, 0.2) is 23.0 Å². The lowest BCUT2D eigenvalue weighted by Gasteiger charge is -2.16. The molecule has 0 aromatic carbocycles. The first-order chi connectivity index (χ1) is 9.26. The van der Waals surface area contributed by atoms with Crippen LogP contribution in [0.3, 0.4) is 0 Å². The van der Waals surface area contributed by atoms with Crippen molar-refractivity contribution in [2.24, 2.45) is 0 Å². The van der Waals surface area contributed by atoms with Crippen LogP contribution in [0.1, 0.15) is 41.5 Å². The van der Waals surface area contributed by atoms with Crippen molar-refractivity contribution in [2.45, 2.75) is 38.5 Å². The summed E-state index contributed by atoms with van der Waals surface area (Å²) < 4.78 is 12.2. The van der Waals surface area contributed by atoms with E-state index in [9.17, 15) is 5.11 Å². The predicted molar refractivity (Wildman–Crippen MR) is 68.6 cm³/mol. The second-order valence-corrected chi connectivity index (χ2v) is 5.04. The molecule has 3 rings (SSSR count). The zero-order valence-electron chi connectivity index (χ0n) is 11.0. The minimum absolute atomic E-state index is 0.314. The van der Waals surface area contributed by atoms with Gasteiger partial charge in [0.2, 0.25) is 0 Å². The summed E-state index contributed by atoms with van der Waals surface area (Å²) in [6.45, 7) is 1.10. The highest BCUT2D eigenvalue weighted by Crippen LogP contribution is 2.30. The maximum Gasteiger partial charge on any atom is 0.162 e. The zero-order chi connectivity index (χ0) is 13.2. The highest BCUT2D eigenvalue weighted by molar-refractivity contribution is 5.29. The Bertz CT molecular complexity index is 559. The van der Waals surface area contributed by atoms with Crippen LogP contribution >= 0.6 is 0 Å². The minimum Gasteiger partial charge on any atom is -0.388 e. The van der Waals surface area contributed by atoms with E-state index in [0.29, 0.717) is 13.2 Å². The maximum atomic E-state index is 9.95. The van der Waals surface area contributed by atoms with Gasteiger partial charge in [-0.05, 0) is 24.8 Å². The molecular weight excluding hydrogens is 244 g/mol. The lowest BCUT2D eigenvalue weighted by atomic mass is 9.93. The van der Waals surface area contributed by atoms with Crippen LogP contribution < -0.4 is 0 Å². The number of aromatic nitrogens is 2. The lowest BCUT2D eigenvalue weighted by molar-refractivity contribution is 0.155. The lowest BCUT2D eigenvalue weighted by Crippen LogP contribution is -2.05. The van der Waals surface area contributed by atoms with Gasteiger partial charge < -0.3 is 18.9 Å². The van der Waals surface area contributed by atoms with E-state index >= 15 is 0 Å². The third kappa shape index (κ3) is 2.57. The third-order valence-corrected chi connectivity index (χ3v) is 3.52. The van der Waals surface area contributed by atoms with Crippen molar-refractivity contribution in [2.75, 3.05) is 7.11 Å². The molecule has 1 aliphatic carbocycles. The van der Waals surface area contributed by atoms with Crippen LogP contribution in [0.2, 0.25) is 0 Å². The van der Waals surface area contributed by atoms with Gasteiger partial charge >= 0.3 is 0 Å². The summed E-state index contributed by atoms with van der Waals surface area (Å²) in [6, 6.07) is 1.90. The van der Waals surface area contributed by atoms with Crippen LogP contribution in [0.25, 0.3) is 0 Å². The first-order valence-corrected chi connectivity index (χ1v) is 6.56. The highest BCUT2D eigenvalue weighted by Gasteiger charge is 2.20. The molecule has 2 aromatic heterocycles. The van der Waals surface area contributed by atoms with E-state index in [-0.39, 0.29) is 6.10 Å². The number of aliphatic hydroxyl groups is 1. The number of ether oxygens (including phenoxy) is 1. The van der Waals surface area contributed by atoms with Gasteiger partial charge in [0.15, 0.2) is 5.76 Å². The topological polar surface area (TPSA) is 60.4 Å². The van der Waals surface area contributed by atoms with Gasteiger partial charge in [0.25, 0.3) is 0 Å². The summed E-state index contributed by atoms with van der Waals surface area (Å²) in [4.78, 5) is 0. The largest absolute Gasteiger partial charge is 0.388 e. The van der Waals surface area contributed by atoms with Gasteiger partial charge in [-0.15, -0.1) is 0 Å². The fourth-order valence-corrected chi connectivity index (χ4v) is 2.64. The minimum atomic E-state index is -0.314. The molecule has 19 heavy (non-hydrogen) atoms. The van der Waals surface area contributed by atoms with Gasteiger partial charge in [0.05, 0.1) is 12.6 Å². The van der Waals surface area contributed by atoms with Crippen molar-refractivity contribution in [3.63, 3.8) is 0 Å². The van der Waals surface area contributed by atoms with Gasteiger partial charge in [0, 0.05) is 31.1 Å². The van der Waals surface area contributed by atoms with Crippen molar-refractivity contribution >= 4 is 0 Å². The molecule has 0 bridgehead atoms. The second kappa shape index (κ2) is 5.19. The van der Waals surface area contributed by atoms with E-state index in [0.717, 1.165) is 36.3 Å². The number of rotatable bonds is 4. The molecule has 5 nitrogen and oxygen atoms in total. The number of methoxy groups -OCH3 is 1. The third-order valence-electron chi connectivity index (χ3n) is 3.52. The smallest absolute Gasteiger partial charge is 0.162 e. The molecule has 5 heteroatoms. The Morgan fingerprint density at radius 3 is 3.21 bits per heavy atom. The molecule has 2 heterocycles. The summed E-state index contributed by atoms with van der Waals surface area (Å²) in [7, 11) is 1.63. The highest BCUT2D eigenvalue weighted by atomic mass is 16.5. The Morgan fingerprint density at radius 1 is 1.53 bits per heavy atom. The molecule has 0 amide bonds. The number of aryl methyl sites for hydroxylation is 1. The van der Waals surface area contributed by atoms with E-state index in [2.05, 4.69) is 15.9 Å². The standard InChI is InChI=1S/C14H18N2O3/c1-18-9-12-5-11(15-19-12)7-16-6-10-3-2-4-14(17)13(10)8-16/h5-6,8,14,17H,2-4,7,9H2,1H3. The van der Waals surface area contributed by atoms with Gasteiger partial charge in [-0.2, -0.15) is 0 Å². The summed E-state index contributed by atoms with van der Waals surface area (Å²) in [6.07, 6.45) is 6.77. The number of hydrogen-bond acceptors (Lipinski definition) is 4. The van der Waals surface area contributed by atoms with E-state index in [1.54, 1.807) is 7.11 Å². The van der Waals surface area contributed by atoms with Gasteiger partial charge in [-0.1, -0.05) is 5.16 Å². The molecular formula is C14H18N2O3. The van der Waals surface area contributed by atoms with Crippen molar-refractivity contribution in [1.82, 2.24) is 9.72 Å². The Kier molecular flexibility index (Phi) is 3.40. The Balaban J connectivity index is 1.75. The molecule has 102 valence electrons. The molecule has 1 aliphatic rings. The van der Waals surface area contributed by atoms with E-state index in [1.807, 2.05) is 12.3 Å². The average Bonchev–Trinajstić information content (AvgIpc) is 2.98. The molecule has 0 radical (unpaired) electrons. The van der Waals surface area contributed by atoms with Crippen LogP contribution in [-0.2, 0) is 24.3 Å². The Hall–Kier alpha value is -1.59. The summed E-state index contributed by atoms with van der Waals surface area (Å²) >= 11 is 0. The fraction of sp³-hybridized carbons (Fsp3) is 0.500. The van der Waals surface area contributed by atoms with Crippen LogP contribution in [0.4, 0.5) is 0 Å². The van der Waals surface area contributed by atoms with Gasteiger partial charge in [-0.25, -0.2) is 0 Å². The Labute approximate surface area is 111 Å². The van der Waals surface area contributed by atoms with Crippen LogP contribution in [0.5, 0.6) is 0 Å². The molecule has 0 saturated heterocycles. The van der Waals surface area contributed by atoms with Crippen molar-refractivity contribution < 1.29 is 14.4 Å². The fourth-order valence-electron chi connectivity index (χ4n) is 2.64. The van der Waals surface area contributed by atoms with Crippen LogP contribution in [0, 0.1) is 0 Å². The first kappa shape index (κ1) is 12.4. The maximum absolute atomic E-state index is 9.95. The van der Waals surface area contributed by atoms with Gasteiger partial charge in [0.1, 0.15) is 12.3 Å². The molecule has 1 atom stereocenters. The first-order valence-electron chi connectivity index (χ1n) is 6.56. The predicted octanol–water partition coefficient (Wildman–Crippen LogP) is 2.04. The quantitative estimate of drug-likeness (QED) is 0.916. The SMILES string of the molecule is COCc1cc(Cn2cc3c(c2)C(O)CCC3)no1. The average molecular weight is 262 g/mol. The molecule has 0 aliphatic heterocycles. The molecule has 2 aromatic rings. The zero-order valence-corrected chi connectivity index (χ0v) is 11.0.